The summed E-state index contributed by atoms with van der Waals surface area (Å²) in [4.78, 5) is 0. The largest absolute Gasteiger partial charge is 1.00 e. The maximum atomic E-state index is 2.35. The quantitative estimate of drug-likeness (QED) is 0.202. The van der Waals surface area contributed by atoms with Crippen molar-refractivity contribution in [1.82, 2.24) is 4.48 Å². The molecular formula is C26H48BrN. The van der Waals surface area contributed by atoms with Gasteiger partial charge in [0.1, 0.15) is 5.69 Å². The average molecular weight is 455 g/mol. The number of hydrogen-bond acceptors (Lipinski definition) is 0. The van der Waals surface area contributed by atoms with Gasteiger partial charge >= 0.3 is 0 Å². The molecule has 0 aliphatic rings. The lowest BCUT2D eigenvalue weighted by atomic mass is 10.0. The number of para-hydroxylation sites is 1. The molecule has 0 saturated carbocycles. The molecule has 0 amide bonds. The molecule has 164 valence electrons. The number of benzene rings is 1. The number of unbranched alkanes of at least 4 members (excludes halogenated alkanes) is 13. The third-order valence-corrected chi connectivity index (χ3v) is 6.45. The molecule has 1 nitrogen and oxygen atoms in total. The van der Waals surface area contributed by atoms with Crippen molar-refractivity contribution in [1.29, 1.82) is 0 Å². The van der Waals surface area contributed by atoms with E-state index in [4.69, 9.17) is 0 Å². The van der Waals surface area contributed by atoms with Crippen LogP contribution in [0.25, 0.3) is 0 Å². The van der Waals surface area contributed by atoms with E-state index in [0.717, 1.165) is 4.48 Å². The average Bonchev–Trinajstić information content (AvgIpc) is 2.72. The van der Waals surface area contributed by atoms with E-state index in [-0.39, 0.29) is 17.0 Å². The highest BCUT2D eigenvalue weighted by Crippen LogP contribution is 2.24. The molecule has 0 unspecified atom stereocenters. The molecule has 0 atom stereocenters. The molecule has 1 aromatic carbocycles. The molecule has 0 aliphatic heterocycles. The summed E-state index contributed by atoms with van der Waals surface area (Å²) in [6.45, 7) is 10.7. The van der Waals surface area contributed by atoms with Crippen molar-refractivity contribution in [2.75, 3.05) is 19.6 Å². The monoisotopic (exact) mass is 453 g/mol. The normalized spacial score (nSPS) is 11.4. The summed E-state index contributed by atoms with van der Waals surface area (Å²) in [5.41, 5.74) is 1.50. The summed E-state index contributed by atoms with van der Waals surface area (Å²) in [7, 11) is 0. The van der Waals surface area contributed by atoms with E-state index >= 15 is 0 Å². The maximum Gasteiger partial charge on any atom is 0.132 e. The van der Waals surface area contributed by atoms with E-state index in [2.05, 4.69) is 51.1 Å². The second kappa shape index (κ2) is 18.7. The molecule has 0 aromatic heterocycles. The van der Waals surface area contributed by atoms with Crippen LogP contribution in [-0.4, -0.2) is 19.6 Å². The molecule has 1 aromatic rings. The summed E-state index contributed by atoms with van der Waals surface area (Å²) >= 11 is 0. The first-order valence-electron chi connectivity index (χ1n) is 12.2. The van der Waals surface area contributed by atoms with Crippen molar-refractivity contribution in [3.8, 4) is 0 Å². The molecule has 0 aliphatic carbocycles. The number of halogens is 1. The molecule has 0 fully saturated rings. The molecule has 28 heavy (non-hydrogen) atoms. The highest BCUT2D eigenvalue weighted by Gasteiger charge is 2.25. The van der Waals surface area contributed by atoms with Gasteiger partial charge in [0, 0.05) is 0 Å². The standard InChI is InChI=1S/C26H48N.BrH/c1-4-7-8-9-10-11-12-13-14-15-16-17-18-22-25-27(5-2,6-3)26-23-20-19-21-24-26;/h19-21,23-24H,4-18,22,25H2,1-3H3;1H/q+1;/p-1. The molecular weight excluding hydrogens is 406 g/mol. The Morgan fingerprint density at radius 2 is 0.929 bits per heavy atom. The van der Waals surface area contributed by atoms with E-state index in [9.17, 15) is 0 Å². The lowest BCUT2D eigenvalue weighted by Gasteiger charge is -2.36. The first-order valence-corrected chi connectivity index (χ1v) is 12.2. The molecule has 0 N–H and O–H groups in total. The van der Waals surface area contributed by atoms with Crippen molar-refractivity contribution in [3.63, 3.8) is 0 Å². The maximum absolute atomic E-state index is 2.35. The van der Waals surface area contributed by atoms with Gasteiger partial charge in [0.15, 0.2) is 0 Å². The number of nitrogens with zero attached hydrogens (tertiary/aromatic N) is 1. The molecule has 0 bridgehead atoms. The van der Waals surface area contributed by atoms with Crippen LogP contribution in [0.4, 0.5) is 5.69 Å². The zero-order valence-corrected chi connectivity index (χ0v) is 20.8. The molecule has 0 saturated heterocycles. The first-order chi connectivity index (χ1) is 13.3. The Kier molecular flexibility index (Phi) is 18.4. The minimum absolute atomic E-state index is 0. The van der Waals surface area contributed by atoms with Gasteiger partial charge in [-0.1, -0.05) is 102 Å². The second-order valence-corrected chi connectivity index (χ2v) is 8.43. The van der Waals surface area contributed by atoms with Crippen molar-refractivity contribution >= 4 is 5.69 Å². The Hall–Kier alpha value is -0.340. The van der Waals surface area contributed by atoms with E-state index < -0.39 is 0 Å². The summed E-state index contributed by atoms with van der Waals surface area (Å²) in [6.07, 6.45) is 20.2. The Balaban J connectivity index is 0.00000729. The van der Waals surface area contributed by atoms with Crippen LogP contribution < -0.4 is 21.5 Å². The van der Waals surface area contributed by atoms with Gasteiger partial charge in [-0.2, -0.15) is 0 Å². The number of rotatable bonds is 18. The minimum atomic E-state index is 0. The third kappa shape index (κ3) is 11.6. The first kappa shape index (κ1) is 27.7. The van der Waals surface area contributed by atoms with Crippen LogP contribution in [0.15, 0.2) is 30.3 Å². The zero-order chi connectivity index (χ0) is 19.6. The van der Waals surface area contributed by atoms with Gasteiger partial charge in [0.2, 0.25) is 0 Å². The Bertz CT molecular complexity index is 427. The summed E-state index contributed by atoms with van der Waals surface area (Å²) in [5.74, 6) is 0. The van der Waals surface area contributed by atoms with E-state index in [1.165, 1.54) is 115 Å². The number of quaternary nitrogens is 1. The van der Waals surface area contributed by atoms with Crippen molar-refractivity contribution in [2.45, 2.75) is 111 Å². The van der Waals surface area contributed by atoms with Gasteiger partial charge in [0.05, 0.1) is 19.6 Å². The van der Waals surface area contributed by atoms with Crippen LogP contribution in [-0.2, 0) is 0 Å². The molecule has 1 rings (SSSR count). The fraction of sp³-hybridized carbons (Fsp3) is 0.769. The van der Waals surface area contributed by atoms with Crippen LogP contribution in [0.5, 0.6) is 0 Å². The van der Waals surface area contributed by atoms with Gasteiger partial charge in [-0.15, -0.1) is 0 Å². The fourth-order valence-corrected chi connectivity index (χ4v) is 4.39. The van der Waals surface area contributed by atoms with Crippen molar-refractivity contribution in [3.05, 3.63) is 30.3 Å². The summed E-state index contributed by atoms with van der Waals surface area (Å²) < 4.78 is 1.15. The van der Waals surface area contributed by atoms with Gasteiger partial charge < -0.3 is 17.0 Å². The van der Waals surface area contributed by atoms with Crippen LogP contribution in [0, 0.1) is 0 Å². The Labute approximate surface area is 187 Å². The topological polar surface area (TPSA) is 0 Å². The molecule has 0 heterocycles. The van der Waals surface area contributed by atoms with Crippen molar-refractivity contribution in [2.24, 2.45) is 0 Å². The number of hydrogen-bond donors (Lipinski definition) is 0. The van der Waals surface area contributed by atoms with Gasteiger partial charge in [-0.3, -0.25) is 4.48 Å². The second-order valence-electron chi connectivity index (χ2n) is 8.43. The van der Waals surface area contributed by atoms with Crippen LogP contribution in [0.1, 0.15) is 111 Å². The van der Waals surface area contributed by atoms with Gasteiger partial charge in [0.25, 0.3) is 0 Å². The van der Waals surface area contributed by atoms with Gasteiger partial charge in [-0.05, 0) is 38.8 Å². The smallest absolute Gasteiger partial charge is 0.132 e. The molecule has 2 heteroatoms. The predicted molar refractivity (Wildman–Crippen MR) is 124 cm³/mol. The molecule has 0 spiro atoms. The predicted octanol–water partition coefficient (Wildman–Crippen LogP) is 5.52. The Morgan fingerprint density at radius 1 is 0.536 bits per heavy atom. The lowest BCUT2D eigenvalue weighted by molar-refractivity contribution is -0.00000593. The summed E-state index contributed by atoms with van der Waals surface area (Å²) in [5, 5.41) is 0. The molecule has 0 radical (unpaired) electrons. The summed E-state index contributed by atoms with van der Waals surface area (Å²) in [6, 6.07) is 11.2. The zero-order valence-electron chi connectivity index (χ0n) is 19.2. The van der Waals surface area contributed by atoms with E-state index in [1.807, 2.05) is 0 Å². The van der Waals surface area contributed by atoms with E-state index in [1.54, 1.807) is 0 Å². The van der Waals surface area contributed by atoms with Crippen molar-refractivity contribution < 1.29 is 17.0 Å². The van der Waals surface area contributed by atoms with E-state index in [0.29, 0.717) is 0 Å². The van der Waals surface area contributed by atoms with Gasteiger partial charge in [-0.25, -0.2) is 0 Å². The lowest BCUT2D eigenvalue weighted by Crippen LogP contribution is -3.00. The van der Waals surface area contributed by atoms with Crippen LogP contribution >= 0.6 is 0 Å². The Morgan fingerprint density at radius 3 is 1.32 bits per heavy atom. The highest BCUT2D eigenvalue weighted by molar-refractivity contribution is 5.42. The minimum Gasteiger partial charge on any atom is -1.00 e. The highest BCUT2D eigenvalue weighted by atomic mass is 79.9. The SMILES string of the molecule is CCCCCCCCCCCCCCCC[N+](CC)(CC)c1ccccc1.[Br-]. The third-order valence-electron chi connectivity index (χ3n) is 6.45. The van der Waals surface area contributed by atoms with Crippen LogP contribution in [0.3, 0.4) is 0 Å². The fourth-order valence-electron chi connectivity index (χ4n) is 4.39. The van der Waals surface area contributed by atoms with Crippen LogP contribution in [0.2, 0.25) is 0 Å².